The summed E-state index contributed by atoms with van der Waals surface area (Å²) in [5.74, 6) is 0.988. The molecule has 0 unspecified atom stereocenters. The van der Waals surface area contributed by atoms with Crippen LogP contribution in [0.5, 0.6) is 0 Å². The average molecular weight is 371 g/mol. The van der Waals surface area contributed by atoms with Gasteiger partial charge in [-0.25, -0.2) is 13.6 Å². The molecule has 0 aliphatic carbocycles. The number of anilines is 1. The van der Waals surface area contributed by atoms with E-state index in [2.05, 4.69) is 20.6 Å². The van der Waals surface area contributed by atoms with Gasteiger partial charge >= 0.3 is 0 Å². The van der Waals surface area contributed by atoms with Crippen LogP contribution in [-0.2, 0) is 0 Å². The fourth-order valence-electron chi connectivity index (χ4n) is 3.38. The Morgan fingerprint density at radius 3 is 2.29 bits per heavy atom. The van der Waals surface area contributed by atoms with E-state index < -0.39 is 0 Å². The predicted octanol–water partition coefficient (Wildman–Crippen LogP) is 2.65. The van der Waals surface area contributed by atoms with E-state index in [1.807, 2.05) is 72.0 Å². The molecule has 28 heavy (non-hydrogen) atoms. The molecule has 0 bridgehead atoms. The Balaban J connectivity index is 1.95. The van der Waals surface area contributed by atoms with Crippen molar-refractivity contribution < 1.29 is 0 Å². The van der Waals surface area contributed by atoms with Gasteiger partial charge < -0.3 is 5.32 Å². The zero-order valence-corrected chi connectivity index (χ0v) is 15.1. The molecule has 3 heterocycles. The quantitative estimate of drug-likeness (QED) is 0.525. The number of rotatable bonds is 4. The smallest absolute Gasteiger partial charge is 0.270 e. The van der Waals surface area contributed by atoms with E-state index in [0.29, 0.717) is 29.3 Å². The molecule has 0 saturated heterocycles. The third kappa shape index (κ3) is 2.31. The van der Waals surface area contributed by atoms with Crippen molar-refractivity contribution in [2.75, 3.05) is 11.9 Å². The molecule has 0 aliphatic heterocycles. The van der Waals surface area contributed by atoms with Gasteiger partial charge in [-0.15, -0.1) is 10.2 Å². The minimum absolute atomic E-state index is 0.189. The maximum Gasteiger partial charge on any atom is 0.270 e. The van der Waals surface area contributed by atoms with Gasteiger partial charge in [0.05, 0.1) is 17.6 Å². The second kappa shape index (κ2) is 6.34. The Morgan fingerprint density at radius 1 is 0.929 bits per heavy atom. The van der Waals surface area contributed by atoms with Crippen LogP contribution in [0.4, 0.5) is 5.95 Å². The molecule has 8 nitrogen and oxygen atoms in total. The first-order valence-corrected chi connectivity index (χ1v) is 9.02. The third-order valence-electron chi connectivity index (χ3n) is 4.59. The summed E-state index contributed by atoms with van der Waals surface area (Å²) < 4.78 is 5.14. The fraction of sp³-hybridized carbons (Fsp3) is 0.100. The van der Waals surface area contributed by atoms with Gasteiger partial charge in [0.1, 0.15) is 5.39 Å². The van der Waals surface area contributed by atoms with Gasteiger partial charge in [-0.05, 0) is 31.2 Å². The first-order valence-electron chi connectivity index (χ1n) is 9.02. The van der Waals surface area contributed by atoms with Crippen LogP contribution in [0.2, 0.25) is 0 Å². The third-order valence-corrected chi connectivity index (χ3v) is 4.59. The summed E-state index contributed by atoms with van der Waals surface area (Å²) in [6.45, 7) is 2.66. The number of benzene rings is 2. The normalized spacial score (nSPS) is 11.3. The van der Waals surface area contributed by atoms with Gasteiger partial charge in [-0.1, -0.05) is 36.4 Å². The van der Waals surface area contributed by atoms with Crippen molar-refractivity contribution in [1.82, 2.24) is 28.9 Å². The first-order chi connectivity index (χ1) is 13.8. The molecule has 8 heteroatoms. The van der Waals surface area contributed by atoms with Gasteiger partial charge in [-0.2, -0.15) is 5.10 Å². The standard InChI is InChI=1S/C20H17N7O/c1-2-21-19-23-24-20-25(14-9-5-3-6-10-14)18(28)16-13-22-27(17(16)26(19)20)15-11-7-4-8-12-15/h3-13H,2H2,1H3,(H,21,23). The summed E-state index contributed by atoms with van der Waals surface area (Å²) in [5, 5.41) is 16.8. The van der Waals surface area contributed by atoms with Crippen LogP contribution >= 0.6 is 0 Å². The van der Waals surface area contributed by atoms with Crippen molar-refractivity contribution in [3.63, 3.8) is 0 Å². The average Bonchev–Trinajstić information content (AvgIpc) is 3.35. The fourth-order valence-corrected chi connectivity index (χ4v) is 3.38. The highest BCUT2D eigenvalue weighted by molar-refractivity contribution is 5.80. The Bertz CT molecular complexity index is 1330. The van der Waals surface area contributed by atoms with E-state index in [9.17, 15) is 4.79 Å². The predicted molar refractivity (Wildman–Crippen MR) is 107 cm³/mol. The lowest BCUT2D eigenvalue weighted by Crippen LogP contribution is -2.22. The molecular formula is C20H17N7O. The van der Waals surface area contributed by atoms with E-state index in [-0.39, 0.29) is 5.56 Å². The summed E-state index contributed by atoms with van der Waals surface area (Å²) in [4.78, 5) is 13.4. The Morgan fingerprint density at radius 2 is 1.61 bits per heavy atom. The van der Waals surface area contributed by atoms with E-state index in [1.54, 1.807) is 15.4 Å². The number of para-hydroxylation sites is 2. The molecule has 1 N–H and O–H groups in total. The zero-order valence-electron chi connectivity index (χ0n) is 15.1. The van der Waals surface area contributed by atoms with Gasteiger partial charge in [0.15, 0.2) is 5.65 Å². The molecule has 0 radical (unpaired) electrons. The molecule has 2 aromatic carbocycles. The number of hydrogen-bond acceptors (Lipinski definition) is 5. The van der Waals surface area contributed by atoms with Crippen molar-refractivity contribution in [3.8, 4) is 11.4 Å². The number of fused-ring (bicyclic) bond motifs is 3. The SMILES string of the molecule is CCNc1nnc2n(-c3ccccc3)c(=O)c3cnn(-c4ccccc4)c3n12. The molecule has 0 aliphatic rings. The highest BCUT2D eigenvalue weighted by Crippen LogP contribution is 2.22. The second-order valence-corrected chi connectivity index (χ2v) is 6.29. The molecule has 5 rings (SSSR count). The van der Waals surface area contributed by atoms with Gasteiger partial charge in [0, 0.05) is 6.54 Å². The highest BCUT2D eigenvalue weighted by Gasteiger charge is 2.21. The zero-order chi connectivity index (χ0) is 19.1. The Labute approximate surface area is 159 Å². The van der Waals surface area contributed by atoms with Crippen LogP contribution in [0.1, 0.15) is 6.92 Å². The van der Waals surface area contributed by atoms with Gasteiger partial charge in [-0.3, -0.25) is 4.79 Å². The second-order valence-electron chi connectivity index (χ2n) is 6.29. The van der Waals surface area contributed by atoms with Crippen LogP contribution in [0, 0.1) is 0 Å². The van der Waals surface area contributed by atoms with E-state index in [4.69, 9.17) is 0 Å². The minimum Gasteiger partial charge on any atom is -0.354 e. The van der Waals surface area contributed by atoms with Crippen LogP contribution in [0.15, 0.2) is 71.7 Å². The molecule has 0 atom stereocenters. The van der Waals surface area contributed by atoms with Crippen LogP contribution < -0.4 is 10.9 Å². The number of hydrogen-bond donors (Lipinski definition) is 1. The highest BCUT2D eigenvalue weighted by atomic mass is 16.1. The van der Waals surface area contributed by atoms with Gasteiger partial charge in [0.2, 0.25) is 11.7 Å². The lowest BCUT2D eigenvalue weighted by Gasteiger charge is -2.11. The molecule has 3 aromatic heterocycles. The maximum atomic E-state index is 13.4. The van der Waals surface area contributed by atoms with Crippen molar-refractivity contribution in [1.29, 1.82) is 0 Å². The monoisotopic (exact) mass is 371 g/mol. The molecule has 0 amide bonds. The van der Waals surface area contributed by atoms with E-state index >= 15 is 0 Å². The largest absolute Gasteiger partial charge is 0.354 e. The minimum atomic E-state index is -0.189. The lowest BCUT2D eigenvalue weighted by molar-refractivity contribution is 0.878. The van der Waals surface area contributed by atoms with E-state index in [0.717, 1.165) is 11.4 Å². The van der Waals surface area contributed by atoms with Crippen molar-refractivity contribution in [2.45, 2.75) is 6.92 Å². The summed E-state index contributed by atoms with van der Waals surface area (Å²) in [6.07, 6.45) is 1.60. The topological polar surface area (TPSA) is 82.0 Å². The molecule has 138 valence electrons. The van der Waals surface area contributed by atoms with Crippen LogP contribution in [0.25, 0.3) is 28.2 Å². The van der Waals surface area contributed by atoms with Crippen molar-refractivity contribution in [2.24, 2.45) is 0 Å². The van der Waals surface area contributed by atoms with Gasteiger partial charge in [0.25, 0.3) is 5.56 Å². The van der Waals surface area contributed by atoms with Crippen LogP contribution in [-0.4, -0.2) is 35.5 Å². The van der Waals surface area contributed by atoms with E-state index in [1.165, 1.54) is 0 Å². The Kier molecular flexibility index (Phi) is 3.68. The molecular weight excluding hydrogens is 354 g/mol. The molecule has 0 saturated carbocycles. The van der Waals surface area contributed by atoms with Crippen molar-refractivity contribution in [3.05, 3.63) is 77.2 Å². The summed E-state index contributed by atoms with van der Waals surface area (Å²) >= 11 is 0. The molecule has 5 aromatic rings. The molecule has 0 spiro atoms. The van der Waals surface area contributed by atoms with Crippen molar-refractivity contribution >= 4 is 22.8 Å². The van der Waals surface area contributed by atoms with Crippen LogP contribution in [0.3, 0.4) is 0 Å². The Hall–Kier alpha value is -3.94. The molecule has 0 fully saturated rings. The number of nitrogens with zero attached hydrogens (tertiary/aromatic N) is 6. The first kappa shape index (κ1) is 16.2. The number of aromatic nitrogens is 6. The lowest BCUT2D eigenvalue weighted by atomic mass is 10.3. The summed E-state index contributed by atoms with van der Waals surface area (Å²) in [7, 11) is 0. The maximum absolute atomic E-state index is 13.4. The summed E-state index contributed by atoms with van der Waals surface area (Å²) in [5.41, 5.74) is 2.01. The number of nitrogens with one attached hydrogen (secondary N) is 1. The summed E-state index contributed by atoms with van der Waals surface area (Å²) in [6, 6.07) is 19.1.